The third-order valence-corrected chi connectivity index (χ3v) is 8.57. The molecule has 1 aromatic heterocycles. The van der Waals surface area contributed by atoms with Gasteiger partial charge in [0.2, 0.25) is 0 Å². The minimum Gasteiger partial charge on any atom is -0.496 e. The van der Waals surface area contributed by atoms with Gasteiger partial charge in [-0.25, -0.2) is 4.98 Å². The summed E-state index contributed by atoms with van der Waals surface area (Å²) in [5.41, 5.74) is 0.674. The first kappa shape index (κ1) is 25.8. The fourth-order valence-electron chi connectivity index (χ4n) is 5.79. The van der Waals surface area contributed by atoms with Crippen LogP contribution in [0.15, 0.2) is 30.3 Å². The number of thiazole rings is 1. The maximum absolute atomic E-state index is 13.5. The van der Waals surface area contributed by atoms with Crippen molar-refractivity contribution in [2.24, 2.45) is 0 Å². The third kappa shape index (κ3) is 5.13. The lowest BCUT2D eigenvalue weighted by molar-refractivity contribution is -0.136. The summed E-state index contributed by atoms with van der Waals surface area (Å²) in [6.45, 7) is 2.41. The molecule has 2 unspecified atom stereocenters. The van der Waals surface area contributed by atoms with Gasteiger partial charge < -0.3 is 14.8 Å². The number of nitrogens with zero attached hydrogens (tertiary/aromatic N) is 2. The number of nitrogens with one attached hydrogen (secondary N) is 1. The van der Waals surface area contributed by atoms with Crippen molar-refractivity contribution in [3.05, 3.63) is 52.0 Å². The molecule has 0 radical (unpaired) electrons. The molecule has 3 heterocycles. The Kier molecular flexibility index (Phi) is 7.06. The van der Waals surface area contributed by atoms with Crippen LogP contribution in [0.3, 0.4) is 0 Å². The smallest absolute Gasteiger partial charge is 0.418 e. The van der Waals surface area contributed by atoms with Crippen molar-refractivity contribution in [2.75, 3.05) is 14.2 Å². The lowest BCUT2D eigenvalue weighted by Crippen LogP contribution is -2.56. The quantitative estimate of drug-likeness (QED) is 0.424. The van der Waals surface area contributed by atoms with E-state index in [-0.39, 0.29) is 29.5 Å². The maximum Gasteiger partial charge on any atom is 0.418 e. The molecule has 2 aliphatic heterocycles. The highest BCUT2D eigenvalue weighted by Crippen LogP contribution is 2.39. The SMILES string of the molecule is COc1cc(C(=O)NC2CC3CCCC(C2)N3Cc2nc3c(C(F)(F)F)cccc3s2)cc(OC)c1C. The summed E-state index contributed by atoms with van der Waals surface area (Å²) in [7, 11) is 3.13. The second kappa shape index (κ2) is 10.1. The molecular weight excluding hydrogens is 503 g/mol. The first-order valence-corrected chi connectivity index (χ1v) is 13.2. The highest BCUT2D eigenvalue weighted by Gasteiger charge is 2.39. The zero-order valence-corrected chi connectivity index (χ0v) is 21.8. The number of carbonyl (C=O) groups excluding carboxylic acids is 1. The van der Waals surface area contributed by atoms with Crippen LogP contribution in [0.25, 0.3) is 10.2 Å². The average Bonchev–Trinajstić information content (AvgIpc) is 3.26. The number of amides is 1. The maximum atomic E-state index is 13.5. The minimum absolute atomic E-state index is 0.0181. The molecule has 6 nitrogen and oxygen atoms in total. The molecule has 2 aromatic carbocycles. The van der Waals surface area contributed by atoms with E-state index >= 15 is 0 Å². The zero-order chi connectivity index (χ0) is 26.3. The summed E-state index contributed by atoms with van der Waals surface area (Å²) < 4.78 is 51.7. The van der Waals surface area contributed by atoms with Gasteiger partial charge in [0.05, 0.1) is 36.5 Å². The number of ether oxygens (including phenoxy) is 2. The van der Waals surface area contributed by atoms with Gasteiger partial charge in [0.15, 0.2) is 0 Å². The van der Waals surface area contributed by atoms with Crippen molar-refractivity contribution in [1.82, 2.24) is 15.2 Å². The van der Waals surface area contributed by atoms with E-state index in [9.17, 15) is 18.0 Å². The van der Waals surface area contributed by atoms with Gasteiger partial charge in [-0.15, -0.1) is 11.3 Å². The predicted molar refractivity (Wildman–Crippen MR) is 136 cm³/mol. The monoisotopic (exact) mass is 533 g/mol. The topological polar surface area (TPSA) is 63.7 Å². The number of methoxy groups -OCH3 is 2. The molecule has 0 spiro atoms. The van der Waals surface area contributed by atoms with Crippen molar-refractivity contribution in [1.29, 1.82) is 0 Å². The van der Waals surface area contributed by atoms with Gasteiger partial charge in [-0.05, 0) is 56.9 Å². The number of benzene rings is 2. The van der Waals surface area contributed by atoms with Crippen LogP contribution in [-0.2, 0) is 12.7 Å². The van der Waals surface area contributed by atoms with Crippen LogP contribution in [0.5, 0.6) is 11.5 Å². The Bertz CT molecular complexity index is 1270. The van der Waals surface area contributed by atoms with Gasteiger partial charge in [0.1, 0.15) is 16.5 Å². The normalized spacial score (nSPS) is 22.2. The number of hydrogen-bond donors (Lipinski definition) is 1. The van der Waals surface area contributed by atoms with Crippen molar-refractivity contribution in [2.45, 2.75) is 69.9 Å². The molecule has 0 saturated carbocycles. The summed E-state index contributed by atoms with van der Waals surface area (Å²) in [5, 5.41) is 3.90. The molecule has 2 fully saturated rings. The lowest BCUT2D eigenvalue weighted by Gasteiger charge is -2.48. The molecule has 1 N–H and O–H groups in total. The molecule has 2 saturated heterocycles. The van der Waals surface area contributed by atoms with E-state index < -0.39 is 11.7 Å². The first-order chi connectivity index (χ1) is 17.7. The van der Waals surface area contributed by atoms with Crippen LogP contribution in [0.1, 0.15) is 58.6 Å². The molecule has 2 atom stereocenters. The molecule has 5 rings (SSSR count). The predicted octanol–water partition coefficient (Wildman–Crippen LogP) is 5.96. The van der Waals surface area contributed by atoms with Crippen LogP contribution in [0, 0.1) is 6.92 Å². The molecule has 37 heavy (non-hydrogen) atoms. The lowest BCUT2D eigenvalue weighted by atomic mass is 9.81. The van der Waals surface area contributed by atoms with E-state index in [4.69, 9.17) is 9.47 Å². The van der Waals surface area contributed by atoms with E-state index in [1.807, 2.05) is 6.92 Å². The number of fused-ring (bicyclic) bond motifs is 3. The molecule has 1 amide bonds. The van der Waals surface area contributed by atoms with E-state index in [0.717, 1.165) is 43.7 Å². The Labute approximate surface area is 217 Å². The number of para-hydroxylation sites is 1. The molecule has 2 bridgehead atoms. The average molecular weight is 534 g/mol. The molecule has 0 aliphatic carbocycles. The minimum atomic E-state index is -4.43. The number of halogens is 3. The van der Waals surface area contributed by atoms with Gasteiger partial charge in [-0.2, -0.15) is 13.2 Å². The highest BCUT2D eigenvalue weighted by atomic mass is 32.1. The summed E-state index contributed by atoms with van der Waals surface area (Å²) in [4.78, 5) is 19.9. The van der Waals surface area contributed by atoms with Crippen LogP contribution in [-0.4, -0.2) is 48.1 Å². The number of piperidine rings is 2. The standard InChI is InChI=1S/C27H30F3N3O3S/c1-15-21(35-2)10-16(11-22(15)36-3)26(34)31-17-12-18-6-4-7-19(13-17)33(18)14-24-32-25-20(27(28,29)30)8-5-9-23(25)37-24/h5,8-11,17-19H,4,6-7,12-14H2,1-3H3,(H,31,34). The summed E-state index contributed by atoms with van der Waals surface area (Å²) in [5.74, 6) is 1.03. The number of carbonyl (C=O) groups is 1. The Balaban J connectivity index is 1.30. The fourth-order valence-corrected chi connectivity index (χ4v) is 6.79. The largest absolute Gasteiger partial charge is 0.496 e. The second-order valence-corrected chi connectivity index (χ2v) is 10.9. The number of rotatable bonds is 6. The van der Waals surface area contributed by atoms with E-state index in [1.54, 1.807) is 32.4 Å². The van der Waals surface area contributed by atoms with Crippen molar-refractivity contribution < 1.29 is 27.4 Å². The second-order valence-electron chi connectivity index (χ2n) is 9.82. The number of hydrogen-bond acceptors (Lipinski definition) is 6. The number of aromatic nitrogens is 1. The van der Waals surface area contributed by atoms with Gasteiger partial charge >= 0.3 is 6.18 Å². The summed E-state index contributed by atoms with van der Waals surface area (Å²) >= 11 is 1.33. The molecule has 3 aromatic rings. The molecular formula is C27H30F3N3O3S. The highest BCUT2D eigenvalue weighted by molar-refractivity contribution is 7.18. The van der Waals surface area contributed by atoms with Crippen molar-refractivity contribution >= 4 is 27.5 Å². The van der Waals surface area contributed by atoms with Crippen LogP contribution in [0.2, 0.25) is 0 Å². The Morgan fingerprint density at radius 1 is 1.14 bits per heavy atom. The van der Waals surface area contributed by atoms with Crippen molar-refractivity contribution in [3.63, 3.8) is 0 Å². The van der Waals surface area contributed by atoms with Gasteiger partial charge in [0.25, 0.3) is 5.91 Å². The number of alkyl halides is 3. The van der Waals surface area contributed by atoms with Gasteiger partial charge in [-0.3, -0.25) is 9.69 Å². The Morgan fingerprint density at radius 3 is 2.38 bits per heavy atom. The molecule has 198 valence electrons. The van der Waals surface area contributed by atoms with Crippen LogP contribution in [0.4, 0.5) is 13.2 Å². The Hall–Kier alpha value is -2.85. The van der Waals surface area contributed by atoms with E-state index in [2.05, 4.69) is 15.2 Å². The van der Waals surface area contributed by atoms with Crippen LogP contribution >= 0.6 is 11.3 Å². The summed E-state index contributed by atoms with van der Waals surface area (Å²) in [6, 6.07) is 8.19. The van der Waals surface area contributed by atoms with Gasteiger partial charge in [0, 0.05) is 29.3 Å². The van der Waals surface area contributed by atoms with E-state index in [0.29, 0.717) is 33.3 Å². The van der Waals surface area contributed by atoms with E-state index in [1.165, 1.54) is 17.4 Å². The third-order valence-electron chi connectivity index (χ3n) is 7.56. The molecule has 2 aliphatic rings. The first-order valence-electron chi connectivity index (χ1n) is 12.4. The van der Waals surface area contributed by atoms with Crippen molar-refractivity contribution in [3.8, 4) is 11.5 Å². The summed E-state index contributed by atoms with van der Waals surface area (Å²) in [6.07, 6.45) is 0.254. The molecule has 10 heteroatoms. The van der Waals surface area contributed by atoms with Gasteiger partial charge in [-0.1, -0.05) is 12.5 Å². The fraction of sp³-hybridized carbons (Fsp3) is 0.481. The zero-order valence-electron chi connectivity index (χ0n) is 21.0. The van der Waals surface area contributed by atoms with Crippen LogP contribution < -0.4 is 14.8 Å². The Morgan fingerprint density at radius 2 is 1.78 bits per heavy atom.